The van der Waals surface area contributed by atoms with E-state index in [2.05, 4.69) is 69.7 Å². The van der Waals surface area contributed by atoms with Gasteiger partial charge in [-0.3, -0.25) is 4.98 Å². The fourth-order valence-electron chi connectivity index (χ4n) is 4.47. The molecule has 1 N–H and O–H groups in total. The standard InChI is InChI=1S/C24H30N6S/c1-17-16-19(18(2)30(17)21-11-6-8-13-26-21)23-22(20-10-5-7-12-25-20)27-24(31)29(23)15-9-14-28(3)4/h5-8,10-13,16,22-23H,9,14-15H2,1-4H3,(H,27,31)/t22-,23+/m1/s1. The minimum absolute atomic E-state index is 0.00531. The van der Waals surface area contributed by atoms with Crippen molar-refractivity contribution in [2.24, 2.45) is 0 Å². The van der Waals surface area contributed by atoms with Crippen LogP contribution < -0.4 is 5.32 Å². The number of pyridine rings is 2. The third-order valence-electron chi connectivity index (χ3n) is 5.87. The molecule has 162 valence electrons. The molecular weight excluding hydrogens is 404 g/mol. The number of nitrogens with zero attached hydrogens (tertiary/aromatic N) is 5. The first kappa shape index (κ1) is 21.5. The van der Waals surface area contributed by atoms with Gasteiger partial charge in [-0.1, -0.05) is 12.1 Å². The van der Waals surface area contributed by atoms with Crippen molar-refractivity contribution < 1.29 is 0 Å². The van der Waals surface area contributed by atoms with Gasteiger partial charge in [0, 0.05) is 30.3 Å². The molecule has 2 atom stereocenters. The summed E-state index contributed by atoms with van der Waals surface area (Å²) in [6.07, 6.45) is 4.73. The molecule has 7 heteroatoms. The molecule has 0 spiro atoms. The van der Waals surface area contributed by atoms with Gasteiger partial charge < -0.3 is 19.7 Å². The summed E-state index contributed by atoms with van der Waals surface area (Å²) in [4.78, 5) is 13.8. The molecule has 0 bridgehead atoms. The smallest absolute Gasteiger partial charge is 0.170 e. The zero-order chi connectivity index (χ0) is 22.0. The van der Waals surface area contributed by atoms with Crippen LogP contribution in [0.5, 0.6) is 0 Å². The molecule has 1 aliphatic rings. The fourth-order valence-corrected chi connectivity index (χ4v) is 4.80. The molecule has 4 rings (SSSR count). The van der Waals surface area contributed by atoms with E-state index in [1.165, 1.54) is 11.3 Å². The first-order chi connectivity index (χ1) is 15.0. The van der Waals surface area contributed by atoms with E-state index in [1.807, 2.05) is 42.7 Å². The molecule has 1 saturated heterocycles. The van der Waals surface area contributed by atoms with Crippen LogP contribution in [0.4, 0.5) is 0 Å². The van der Waals surface area contributed by atoms with Crippen molar-refractivity contribution in [2.75, 3.05) is 27.2 Å². The van der Waals surface area contributed by atoms with Gasteiger partial charge in [0.2, 0.25) is 0 Å². The van der Waals surface area contributed by atoms with Crippen LogP contribution in [0.2, 0.25) is 0 Å². The summed E-state index contributed by atoms with van der Waals surface area (Å²) in [6.45, 7) is 6.22. The maximum absolute atomic E-state index is 5.80. The van der Waals surface area contributed by atoms with E-state index in [4.69, 9.17) is 12.2 Å². The number of rotatable bonds is 7. The molecule has 6 nitrogen and oxygen atoms in total. The van der Waals surface area contributed by atoms with Crippen LogP contribution in [-0.4, -0.2) is 56.6 Å². The third kappa shape index (κ3) is 4.34. The molecule has 3 aromatic rings. The Morgan fingerprint density at radius 1 is 1.06 bits per heavy atom. The number of aryl methyl sites for hydroxylation is 1. The first-order valence-corrected chi connectivity index (χ1v) is 11.1. The normalized spacial score (nSPS) is 18.6. The highest BCUT2D eigenvalue weighted by molar-refractivity contribution is 7.80. The molecular formula is C24H30N6S. The number of aromatic nitrogens is 3. The lowest BCUT2D eigenvalue weighted by Crippen LogP contribution is -2.32. The van der Waals surface area contributed by atoms with Crippen molar-refractivity contribution in [3.63, 3.8) is 0 Å². The average Bonchev–Trinajstić information content (AvgIpc) is 3.24. The van der Waals surface area contributed by atoms with Crippen LogP contribution in [-0.2, 0) is 0 Å². The van der Waals surface area contributed by atoms with Crippen molar-refractivity contribution in [1.82, 2.24) is 29.7 Å². The van der Waals surface area contributed by atoms with Crippen molar-refractivity contribution in [2.45, 2.75) is 32.4 Å². The van der Waals surface area contributed by atoms with Crippen LogP contribution in [0.1, 0.15) is 41.1 Å². The summed E-state index contributed by atoms with van der Waals surface area (Å²) >= 11 is 5.80. The molecule has 0 saturated carbocycles. The monoisotopic (exact) mass is 434 g/mol. The van der Waals surface area contributed by atoms with Gasteiger partial charge in [0.15, 0.2) is 5.11 Å². The molecule has 4 heterocycles. The zero-order valence-electron chi connectivity index (χ0n) is 18.6. The highest BCUT2D eigenvalue weighted by Crippen LogP contribution is 2.41. The van der Waals surface area contributed by atoms with Crippen LogP contribution in [0, 0.1) is 13.8 Å². The van der Waals surface area contributed by atoms with Gasteiger partial charge in [-0.25, -0.2) is 4.98 Å². The van der Waals surface area contributed by atoms with E-state index >= 15 is 0 Å². The molecule has 0 unspecified atom stereocenters. The molecule has 3 aromatic heterocycles. The Morgan fingerprint density at radius 2 is 1.81 bits per heavy atom. The fraction of sp³-hybridized carbons (Fsp3) is 0.375. The number of nitrogens with one attached hydrogen (secondary N) is 1. The van der Waals surface area contributed by atoms with Crippen molar-refractivity contribution in [1.29, 1.82) is 0 Å². The molecule has 0 amide bonds. The van der Waals surface area contributed by atoms with Crippen LogP contribution in [0.25, 0.3) is 5.82 Å². The average molecular weight is 435 g/mol. The van der Waals surface area contributed by atoms with Crippen molar-refractivity contribution in [3.8, 4) is 5.82 Å². The second-order valence-electron chi connectivity index (χ2n) is 8.33. The van der Waals surface area contributed by atoms with E-state index < -0.39 is 0 Å². The van der Waals surface area contributed by atoms with E-state index in [0.717, 1.165) is 41.8 Å². The third-order valence-corrected chi connectivity index (χ3v) is 6.22. The Balaban J connectivity index is 1.76. The van der Waals surface area contributed by atoms with Gasteiger partial charge in [-0.05, 0) is 89.0 Å². The van der Waals surface area contributed by atoms with Crippen LogP contribution in [0.3, 0.4) is 0 Å². The Hall–Kier alpha value is -2.77. The molecule has 0 aromatic carbocycles. The largest absolute Gasteiger partial charge is 0.352 e. The summed E-state index contributed by atoms with van der Waals surface area (Å²) in [5.41, 5.74) is 4.62. The van der Waals surface area contributed by atoms with E-state index in [0.29, 0.717) is 0 Å². The number of thiocarbonyl (C=S) groups is 1. The Morgan fingerprint density at radius 3 is 2.45 bits per heavy atom. The molecule has 0 radical (unpaired) electrons. The lowest BCUT2D eigenvalue weighted by molar-refractivity contribution is 0.292. The summed E-state index contributed by atoms with van der Waals surface area (Å²) < 4.78 is 2.23. The maximum Gasteiger partial charge on any atom is 0.170 e. The highest BCUT2D eigenvalue weighted by atomic mass is 32.1. The minimum Gasteiger partial charge on any atom is -0.352 e. The Kier molecular flexibility index (Phi) is 6.34. The summed E-state index contributed by atoms with van der Waals surface area (Å²) in [7, 11) is 4.21. The lowest BCUT2D eigenvalue weighted by atomic mass is 9.96. The molecule has 1 aliphatic heterocycles. The second-order valence-corrected chi connectivity index (χ2v) is 8.71. The minimum atomic E-state index is 0.00531. The summed E-state index contributed by atoms with van der Waals surface area (Å²) in [5.74, 6) is 0.936. The quantitative estimate of drug-likeness (QED) is 0.571. The Labute approximate surface area is 189 Å². The molecule has 1 fully saturated rings. The predicted molar refractivity (Wildman–Crippen MR) is 128 cm³/mol. The van der Waals surface area contributed by atoms with E-state index in [1.54, 1.807) is 0 Å². The van der Waals surface area contributed by atoms with Gasteiger partial charge in [-0.15, -0.1) is 0 Å². The van der Waals surface area contributed by atoms with E-state index in [9.17, 15) is 0 Å². The van der Waals surface area contributed by atoms with Gasteiger partial charge in [0.1, 0.15) is 5.82 Å². The summed E-state index contributed by atoms with van der Waals surface area (Å²) in [5, 5.41) is 4.35. The van der Waals surface area contributed by atoms with Gasteiger partial charge in [0.05, 0.1) is 17.8 Å². The Bertz CT molecular complexity index is 1030. The lowest BCUT2D eigenvalue weighted by Gasteiger charge is -2.28. The van der Waals surface area contributed by atoms with Crippen LogP contribution >= 0.6 is 12.2 Å². The van der Waals surface area contributed by atoms with Crippen LogP contribution in [0.15, 0.2) is 54.9 Å². The van der Waals surface area contributed by atoms with Gasteiger partial charge in [0.25, 0.3) is 0 Å². The molecule has 31 heavy (non-hydrogen) atoms. The zero-order valence-corrected chi connectivity index (χ0v) is 19.4. The topological polar surface area (TPSA) is 49.2 Å². The first-order valence-electron chi connectivity index (χ1n) is 10.7. The van der Waals surface area contributed by atoms with Gasteiger partial charge in [-0.2, -0.15) is 0 Å². The van der Waals surface area contributed by atoms with Crippen molar-refractivity contribution in [3.05, 3.63) is 77.5 Å². The van der Waals surface area contributed by atoms with E-state index in [-0.39, 0.29) is 12.1 Å². The summed E-state index contributed by atoms with van der Waals surface area (Å²) in [6, 6.07) is 14.4. The number of hydrogen-bond donors (Lipinski definition) is 1. The second kappa shape index (κ2) is 9.16. The highest BCUT2D eigenvalue weighted by Gasteiger charge is 2.41. The predicted octanol–water partition coefficient (Wildman–Crippen LogP) is 3.81. The van der Waals surface area contributed by atoms with Crippen molar-refractivity contribution >= 4 is 17.3 Å². The molecule has 0 aliphatic carbocycles. The maximum atomic E-state index is 5.80. The van der Waals surface area contributed by atoms with Gasteiger partial charge >= 0.3 is 0 Å². The number of hydrogen-bond acceptors (Lipinski definition) is 4. The SMILES string of the molecule is Cc1cc([C@H]2[C@@H](c3ccccn3)NC(=S)N2CCCN(C)C)c(C)n1-c1ccccn1.